The van der Waals surface area contributed by atoms with Gasteiger partial charge in [0.1, 0.15) is 5.75 Å². The van der Waals surface area contributed by atoms with Crippen molar-refractivity contribution in [1.29, 1.82) is 0 Å². The minimum Gasteiger partial charge on any atom is -0.497 e. The van der Waals surface area contributed by atoms with Gasteiger partial charge < -0.3 is 14.5 Å². The summed E-state index contributed by atoms with van der Waals surface area (Å²) in [5.41, 5.74) is -0.703. The van der Waals surface area contributed by atoms with Crippen molar-refractivity contribution in [2.75, 3.05) is 51.3 Å². The van der Waals surface area contributed by atoms with Gasteiger partial charge in [-0.2, -0.15) is 13.2 Å². The molecule has 0 bridgehead atoms. The lowest BCUT2D eigenvalue weighted by Crippen LogP contribution is -2.57. The van der Waals surface area contributed by atoms with E-state index in [1.54, 1.807) is 30.2 Å². The van der Waals surface area contributed by atoms with Crippen LogP contribution < -0.4 is 9.64 Å². The molecule has 236 valence electrons. The maximum atomic E-state index is 17.1. The fraction of sp³-hybridized carbons (Fsp3) is 0.618. The Balaban J connectivity index is 1.36. The first-order chi connectivity index (χ1) is 20.2. The van der Waals surface area contributed by atoms with Crippen LogP contribution in [0, 0.1) is 5.92 Å². The van der Waals surface area contributed by atoms with E-state index in [9.17, 15) is 18.0 Å². The van der Waals surface area contributed by atoms with Crippen molar-refractivity contribution < 1.29 is 27.1 Å². The van der Waals surface area contributed by atoms with Crippen molar-refractivity contribution >= 4 is 11.6 Å². The normalized spacial score (nSPS) is 27.4. The first-order valence-corrected chi connectivity index (χ1v) is 15.5. The van der Waals surface area contributed by atoms with Crippen LogP contribution in [0.5, 0.6) is 5.75 Å². The van der Waals surface area contributed by atoms with Gasteiger partial charge in [0.2, 0.25) is 5.67 Å². The Bertz CT molecular complexity index is 1280. The highest BCUT2D eigenvalue weighted by atomic mass is 19.4. The monoisotopic (exact) mass is 603 g/mol. The number of hydrogen-bond donors (Lipinski definition) is 0. The summed E-state index contributed by atoms with van der Waals surface area (Å²) < 4.78 is 63.5. The standard InChI is InChI=1S/C34H45F4N3O2/c1-23-6-8-24(9-7-23)28-20-26(34(36,37)38)12-15-30(28)39-16-18-40(19-17-39)31(42)33(35)22-41(32(2,3)4)21-29(33)25-10-13-27(43-5)14-11-25/h10-15,20,23-24,29H,6-9,16-19,21-22H2,1-5H3/t23?,24?,29-,33-/m0/s1. The lowest BCUT2D eigenvalue weighted by molar-refractivity contribution is -0.144. The van der Waals surface area contributed by atoms with Gasteiger partial charge in [0, 0.05) is 56.4 Å². The van der Waals surface area contributed by atoms with E-state index in [-0.39, 0.29) is 18.0 Å². The number of amides is 1. The zero-order valence-corrected chi connectivity index (χ0v) is 26.0. The molecule has 0 spiro atoms. The molecule has 2 saturated heterocycles. The molecule has 2 aromatic rings. The summed E-state index contributed by atoms with van der Waals surface area (Å²) in [4.78, 5) is 19.7. The van der Waals surface area contributed by atoms with E-state index in [0.717, 1.165) is 48.6 Å². The van der Waals surface area contributed by atoms with Crippen LogP contribution in [0.3, 0.4) is 0 Å². The van der Waals surface area contributed by atoms with Gasteiger partial charge in [-0.05, 0) is 86.9 Å². The predicted octanol–water partition coefficient (Wildman–Crippen LogP) is 7.26. The molecule has 3 aliphatic rings. The minimum absolute atomic E-state index is 0.00932. The van der Waals surface area contributed by atoms with Crippen molar-refractivity contribution in [2.24, 2.45) is 5.92 Å². The Kier molecular flexibility index (Phi) is 8.78. The molecule has 0 aromatic heterocycles. The minimum atomic E-state index is -4.40. The number of alkyl halides is 4. The number of piperazine rings is 1. The van der Waals surface area contributed by atoms with Gasteiger partial charge in [0.25, 0.3) is 5.91 Å². The number of benzene rings is 2. The van der Waals surface area contributed by atoms with Gasteiger partial charge in [-0.15, -0.1) is 0 Å². The summed E-state index contributed by atoms with van der Waals surface area (Å²) in [5.74, 6) is 0.202. The summed E-state index contributed by atoms with van der Waals surface area (Å²) in [6, 6.07) is 11.4. The molecule has 0 radical (unpaired) electrons. The van der Waals surface area contributed by atoms with Crippen LogP contribution in [0.15, 0.2) is 42.5 Å². The number of carbonyl (C=O) groups is 1. The van der Waals surface area contributed by atoms with Crippen molar-refractivity contribution in [2.45, 2.75) is 82.6 Å². The second-order valence-electron chi connectivity index (χ2n) is 13.7. The largest absolute Gasteiger partial charge is 0.497 e. The Morgan fingerprint density at radius 1 is 0.930 bits per heavy atom. The smallest absolute Gasteiger partial charge is 0.416 e. The predicted molar refractivity (Wildman–Crippen MR) is 162 cm³/mol. The van der Waals surface area contributed by atoms with Gasteiger partial charge in [0.15, 0.2) is 0 Å². The molecule has 0 N–H and O–H groups in total. The van der Waals surface area contributed by atoms with Gasteiger partial charge in [0.05, 0.1) is 12.7 Å². The van der Waals surface area contributed by atoms with E-state index in [4.69, 9.17) is 4.74 Å². The van der Waals surface area contributed by atoms with Gasteiger partial charge >= 0.3 is 6.18 Å². The van der Waals surface area contributed by atoms with Crippen LogP contribution in [-0.2, 0) is 11.0 Å². The van der Waals surface area contributed by atoms with Crippen LogP contribution in [0.4, 0.5) is 23.2 Å². The SMILES string of the molecule is COc1ccc([C@@H]2CN(C(C)(C)C)C[C@@]2(F)C(=O)N2CCN(c3ccc(C(F)(F)F)cc3C3CCC(C)CC3)CC2)cc1. The number of carbonyl (C=O) groups excluding carboxylic acids is 1. The number of nitrogens with zero attached hydrogens (tertiary/aromatic N) is 3. The van der Waals surface area contributed by atoms with E-state index in [2.05, 4.69) is 11.8 Å². The molecule has 5 nitrogen and oxygen atoms in total. The number of ether oxygens (including phenoxy) is 1. The highest BCUT2D eigenvalue weighted by molar-refractivity contribution is 5.87. The molecule has 0 unspecified atom stereocenters. The quantitative estimate of drug-likeness (QED) is 0.337. The third-order valence-electron chi connectivity index (χ3n) is 9.92. The number of rotatable bonds is 5. The topological polar surface area (TPSA) is 36.0 Å². The number of hydrogen-bond acceptors (Lipinski definition) is 4. The van der Waals surface area contributed by atoms with Crippen LogP contribution >= 0.6 is 0 Å². The lowest BCUT2D eigenvalue weighted by Gasteiger charge is -2.41. The molecule has 9 heteroatoms. The number of anilines is 1. The second-order valence-corrected chi connectivity index (χ2v) is 13.7. The fourth-order valence-corrected chi connectivity index (χ4v) is 7.08. The Morgan fingerprint density at radius 3 is 2.12 bits per heavy atom. The van der Waals surface area contributed by atoms with E-state index < -0.39 is 29.2 Å². The number of likely N-dealkylation sites (tertiary alicyclic amines) is 1. The van der Waals surface area contributed by atoms with E-state index >= 15 is 4.39 Å². The average Bonchev–Trinajstić information content (AvgIpc) is 3.36. The highest BCUT2D eigenvalue weighted by Crippen LogP contribution is 2.45. The number of halogens is 4. The summed E-state index contributed by atoms with van der Waals surface area (Å²) in [7, 11) is 1.58. The maximum Gasteiger partial charge on any atom is 0.416 e. The van der Waals surface area contributed by atoms with Gasteiger partial charge in [-0.3, -0.25) is 9.69 Å². The van der Waals surface area contributed by atoms with Crippen LogP contribution in [-0.4, -0.2) is 73.3 Å². The van der Waals surface area contributed by atoms with Gasteiger partial charge in [-0.1, -0.05) is 31.9 Å². The maximum absolute atomic E-state index is 17.1. The van der Waals surface area contributed by atoms with Gasteiger partial charge in [-0.25, -0.2) is 4.39 Å². The fourth-order valence-electron chi connectivity index (χ4n) is 7.08. The van der Waals surface area contributed by atoms with Crippen LogP contribution in [0.1, 0.15) is 81.9 Å². The van der Waals surface area contributed by atoms with Crippen molar-refractivity contribution in [1.82, 2.24) is 9.80 Å². The zero-order chi connectivity index (χ0) is 31.2. The molecule has 2 heterocycles. The average molecular weight is 604 g/mol. The molecule has 1 amide bonds. The molecule has 1 saturated carbocycles. The van der Waals surface area contributed by atoms with Crippen LogP contribution in [0.2, 0.25) is 0 Å². The summed E-state index contributed by atoms with van der Waals surface area (Å²) >= 11 is 0. The summed E-state index contributed by atoms with van der Waals surface area (Å²) in [5, 5.41) is 0. The second kappa shape index (κ2) is 11.9. The van der Waals surface area contributed by atoms with Crippen molar-refractivity contribution in [3.05, 3.63) is 59.2 Å². The number of methoxy groups -OCH3 is 1. The Labute approximate surface area is 253 Å². The molecule has 5 rings (SSSR count). The summed E-state index contributed by atoms with van der Waals surface area (Å²) in [6.07, 6.45) is -0.659. The third kappa shape index (κ3) is 6.52. The van der Waals surface area contributed by atoms with E-state index in [0.29, 0.717) is 44.4 Å². The molecule has 1 aliphatic carbocycles. The Morgan fingerprint density at radius 2 is 1.56 bits per heavy atom. The molecular weight excluding hydrogens is 558 g/mol. The molecule has 2 aliphatic heterocycles. The van der Waals surface area contributed by atoms with Crippen molar-refractivity contribution in [3.8, 4) is 5.75 Å². The van der Waals surface area contributed by atoms with Crippen molar-refractivity contribution in [3.63, 3.8) is 0 Å². The van der Waals surface area contributed by atoms with Crippen LogP contribution in [0.25, 0.3) is 0 Å². The summed E-state index contributed by atoms with van der Waals surface area (Å²) in [6.45, 7) is 10.2. The molecular formula is C34H45F4N3O2. The van der Waals surface area contributed by atoms with E-state index in [1.165, 1.54) is 6.07 Å². The Hall–Kier alpha value is -2.81. The first kappa shape index (κ1) is 31.6. The first-order valence-electron chi connectivity index (χ1n) is 15.5. The molecule has 43 heavy (non-hydrogen) atoms. The highest BCUT2D eigenvalue weighted by Gasteiger charge is 2.57. The molecule has 3 fully saturated rings. The molecule has 2 aromatic carbocycles. The molecule has 2 atom stereocenters. The van der Waals surface area contributed by atoms with E-state index in [1.807, 2.05) is 37.8 Å². The lowest BCUT2D eigenvalue weighted by atomic mass is 9.78. The third-order valence-corrected chi connectivity index (χ3v) is 9.92. The zero-order valence-electron chi connectivity index (χ0n) is 26.0.